The number of imidazole rings is 1. The Balaban J connectivity index is 1.26. The van der Waals surface area contributed by atoms with Gasteiger partial charge in [0.15, 0.2) is 0 Å². The highest BCUT2D eigenvalue weighted by Gasteiger charge is 2.22. The number of carbonyl (C=O) groups excluding carboxylic acids is 1. The summed E-state index contributed by atoms with van der Waals surface area (Å²) in [7, 11) is 0. The Hall–Kier alpha value is -2.54. The molecular formula is C20H21FN4OS. The van der Waals surface area contributed by atoms with Crippen LogP contribution < -0.4 is 10.6 Å². The maximum atomic E-state index is 13.5. The van der Waals surface area contributed by atoms with Gasteiger partial charge in [-0.05, 0) is 48.7 Å². The van der Waals surface area contributed by atoms with Crippen LogP contribution in [0.4, 0.5) is 9.18 Å². The molecule has 4 rings (SSSR count). The molecule has 0 radical (unpaired) electrons. The quantitative estimate of drug-likeness (QED) is 0.578. The molecule has 140 valence electrons. The third kappa shape index (κ3) is 4.24. The summed E-state index contributed by atoms with van der Waals surface area (Å²) < 4.78 is 13.5. The second kappa shape index (κ2) is 8.00. The number of nitrogens with zero attached hydrogens (tertiary/aromatic N) is 1. The summed E-state index contributed by atoms with van der Waals surface area (Å²) in [5.74, 6) is 1.57. The van der Waals surface area contributed by atoms with Crippen molar-refractivity contribution in [1.82, 2.24) is 20.6 Å². The maximum absolute atomic E-state index is 13.5. The van der Waals surface area contributed by atoms with Gasteiger partial charge in [-0.1, -0.05) is 12.1 Å². The Morgan fingerprint density at radius 2 is 2.19 bits per heavy atom. The lowest BCUT2D eigenvalue weighted by Crippen LogP contribution is -2.39. The molecule has 3 aromatic rings. The number of aromatic amines is 1. The number of nitrogens with one attached hydrogen (secondary N) is 3. The number of aromatic nitrogens is 2. The fraction of sp³-hybridized carbons (Fsp3) is 0.300. The number of rotatable bonds is 5. The number of benzene rings is 2. The first-order valence-corrected chi connectivity index (χ1v) is 10.1. The molecule has 1 aromatic heterocycles. The van der Waals surface area contributed by atoms with Crippen molar-refractivity contribution in [2.45, 2.75) is 30.2 Å². The zero-order valence-electron chi connectivity index (χ0n) is 14.8. The summed E-state index contributed by atoms with van der Waals surface area (Å²) in [6, 6.07) is 12.3. The second-order valence-electron chi connectivity index (χ2n) is 6.58. The number of thioether (sulfide) groups is 1. The monoisotopic (exact) mass is 384 g/mol. The highest BCUT2D eigenvalue weighted by molar-refractivity contribution is 7.99. The van der Waals surface area contributed by atoms with Gasteiger partial charge in [0.1, 0.15) is 11.6 Å². The average Bonchev–Trinajstić information content (AvgIpc) is 3.08. The van der Waals surface area contributed by atoms with Crippen LogP contribution in [0.5, 0.6) is 0 Å². The van der Waals surface area contributed by atoms with Crippen LogP contribution in [0.3, 0.4) is 0 Å². The molecule has 0 saturated carbocycles. The van der Waals surface area contributed by atoms with Crippen molar-refractivity contribution >= 4 is 28.8 Å². The average molecular weight is 384 g/mol. The lowest BCUT2D eigenvalue weighted by Gasteiger charge is -2.26. The van der Waals surface area contributed by atoms with Gasteiger partial charge in [-0.25, -0.2) is 14.2 Å². The van der Waals surface area contributed by atoms with Gasteiger partial charge < -0.3 is 15.6 Å². The van der Waals surface area contributed by atoms with E-state index in [2.05, 4.69) is 20.6 Å². The number of H-pyrrole nitrogens is 1. The van der Waals surface area contributed by atoms with Crippen LogP contribution in [-0.4, -0.2) is 28.3 Å². The van der Waals surface area contributed by atoms with Gasteiger partial charge in [0.05, 0.1) is 17.1 Å². The Labute approximate surface area is 161 Å². The second-order valence-corrected chi connectivity index (χ2v) is 7.71. The van der Waals surface area contributed by atoms with E-state index in [1.54, 1.807) is 17.8 Å². The first kappa shape index (κ1) is 17.9. The molecule has 0 unspecified atom stereocenters. The molecule has 3 N–H and O–H groups in total. The van der Waals surface area contributed by atoms with E-state index in [9.17, 15) is 9.18 Å². The molecule has 0 spiro atoms. The summed E-state index contributed by atoms with van der Waals surface area (Å²) in [6.07, 6.45) is 2.36. The normalized spacial score (nSPS) is 16.1. The third-order valence-electron chi connectivity index (χ3n) is 4.63. The van der Waals surface area contributed by atoms with Crippen molar-refractivity contribution in [3.63, 3.8) is 0 Å². The van der Waals surface area contributed by atoms with Crippen molar-refractivity contribution in [2.75, 3.05) is 12.3 Å². The highest BCUT2D eigenvalue weighted by Crippen LogP contribution is 2.36. The summed E-state index contributed by atoms with van der Waals surface area (Å²) >= 11 is 1.70. The van der Waals surface area contributed by atoms with Crippen molar-refractivity contribution < 1.29 is 9.18 Å². The van der Waals surface area contributed by atoms with E-state index in [-0.39, 0.29) is 17.9 Å². The van der Waals surface area contributed by atoms with Crippen LogP contribution in [-0.2, 0) is 6.42 Å². The molecule has 0 aliphatic carbocycles. The first-order chi connectivity index (χ1) is 13.2. The molecule has 2 heterocycles. The predicted octanol–water partition coefficient (Wildman–Crippen LogP) is 4.17. The van der Waals surface area contributed by atoms with Crippen molar-refractivity contribution in [3.8, 4) is 0 Å². The van der Waals surface area contributed by atoms with Crippen LogP contribution >= 0.6 is 11.8 Å². The van der Waals surface area contributed by atoms with Gasteiger partial charge in [0.2, 0.25) is 0 Å². The molecule has 0 fully saturated rings. The summed E-state index contributed by atoms with van der Waals surface area (Å²) in [6.45, 7) is 0.556. The van der Waals surface area contributed by atoms with E-state index in [4.69, 9.17) is 0 Å². The van der Waals surface area contributed by atoms with Gasteiger partial charge in [-0.2, -0.15) is 0 Å². The smallest absolute Gasteiger partial charge is 0.315 e. The number of hydrogen-bond acceptors (Lipinski definition) is 3. The number of para-hydroxylation sites is 2. The predicted molar refractivity (Wildman–Crippen MR) is 105 cm³/mol. The minimum absolute atomic E-state index is 0.146. The number of urea groups is 1. The molecule has 0 saturated heterocycles. The van der Waals surface area contributed by atoms with Crippen LogP contribution in [0.2, 0.25) is 0 Å². The van der Waals surface area contributed by atoms with E-state index >= 15 is 0 Å². The number of aryl methyl sites for hydroxylation is 1. The zero-order chi connectivity index (χ0) is 18.6. The summed E-state index contributed by atoms with van der Waals surface area (Å²) in [5.41, 5.74) is 2.85. The van der Waals surface area contributed by atoms with Crippen LogP contribution in [0, 0.1) is 5.82 Å². The van der Waals surface area contributed by atoms with Crippen LogP contribution in [0.15, 0.2) is 47.4 Å². The molecule has 1 aliphatic heterocycles. The van der Waals surface area contributed by atoms with Crippen LogP contribution in [0.1, 0.15) is 30.3 Å². The largest absolute Gasteiger partial charge is 0.342 e. The highest BCUT2D eigenvalue weighted by atomic mass is 32.2. The molecule has 5 nitrogen and oxygen atoms in total. The van der Waals surface area contributed by atoms with E-state index in [0.29, 0.717) is 6.54 Å². The number of fused-ring (bicyclic) bond motifs is 2. The van der Waals surface area contributed by atoms with Gasteiger partial charge in [0.25, 0.3) is 0 Å². The molecule has 1 atom stereocenters. The maximum Gasteiger partial charge on any atom is 0.315 e. The Bertz CT molecular complexity index is 925. The van der Waals surface area contributed by atoms with E-state index in [0.717, 1.165) is 52.3 Å². The molecule has 27 heavy (non-hydrogen) atoms. The standard InChI is InChI=1S/C20H21FN4OS/c21-13-7-8-18-14(12-13)15(9-11-27-18)25-20(26)22-10-3-6-19-23-16-4-1-2-5-17(16)24-19/h1-2,4-5,7-8,12,15H,3,6,9-11H2,(H,23,24)(H2,22,25,26)/t15-/m0/s1. The lowest BCUT2D eigenvalue weighted by atomic mass is 10.0. The molecule has 2 aromatic carbocycles. The first-order valence-electron chi connectivity index (χ1n) is 9.09. The Morgan fingerprint density at radius 3 is 3.07 bits per heavy atom. The molecule has 2 amide bonds. The number of carbonyl (C=O) groups is 1. The van der Waals surface area contributed by atoms with Crippen LogP contribution in [0.25, 0.3) is 11.0 Å². The zero-order valence-corrected chi connectivity index (χ0v) is 15.6. The van der Waals surface area contributed by atoms with Crippen molar-refractivity contribution in [2.24, 2.45) is 0 Å². The lowest BCUT2D eigenvalue weighted by molar-refractivity contribution is 0.236. The van der Waals surface area contributed by atoms with Gasteiger partial charge in [-0.15, -0.1) is 11.8 Å². The Kier molecular flexibility index (Phi) is 5.29. The topological polar surface area (TPSA) is 69.8 Å². The van der Waals surface area contributed by atoms with Gasteiger partial charge >= 0.3 is 6.03 Å². The van der Waals surface area contributed by atoms with Gasteiger partial charge in [-0.3, -0.25) is 0 Å². The fourth-order valence-corrected chi connectivity index (χ4v) is 4.41. The fourth-order valence-electron chi connectivity index (χ4n) is 3.31. The number of halogens is 1. The van der Waals surface area contributed by atoms with Gasteiger partial charge in [0, 0.05) is 23.6 Å². The number of amides is 2. The van der Waals surface area contributed by atoms with Crippen molar-refractivity contribution in [1.29, 1.82) is 0 Å². The third-order valence-corrected chi connectivity index (χ3v) is 5.75. The molecule has 7 heteroatoms. The summed E-state index contributed by atoms with van der Waals surface area (Å²) in [5, 5.41) is 5.86. The minimum atomic E-state index is -0.269. The Morgan fingerprint density at radius 1 is 1.30 bits per heavy atom. The van der Waals surface area contributed by atoms with E-state index in [1.807, 2.05) is 24.3 Å². The SMILES string of the molecule is O=C(NCCCc1nc2ccccc2[nH]1)N[C@H]1CCSc2ccc(F)cc21. The minimum Gasteiger partial charge on any atom is -0.342 e. The molecule has 1 aliphatic rings. The van der Waals surface area contributed by atoms with E-state index in [1.165, 1.54) is 12.1 Å². The van der Waals surface area contributed by atoms with E-state index < -0.39 is 0 Å². The molecule has 0 bridgehead atoms. The molecular weight excluding hydrogens is 363 g/mol. The van der Waals surface area contributed by atoms with Crippen molar-refractivity contribution in [3.05, 3.63) is 59.7 Å². The summed E-state index contributed by atoms with van der Waals surface area (Å²) in [4.78, 5) is 21.1. The number of hydrogen-bond donors (Lipinski definition) is 3.